The largest absolute Gasteiger partial charge is 0.398 e. The van der Waals surface area contributed by atoms with E-state index in [-0.39, 0.29) is 12.5 Å². The molecular formula is C16H17BrN2O2. The molecule has 0 aliphatic rings. The van der Waals surface area contributed by atoms with Gasteiger partial charge in [0.25, 0.3) is 5.91 Å². The van der Waals surface area contributed by atoms with Gasteiger partial charge in [-0.3, -0.25) is 4.79 Å². The number of nitrogens with one attached hydrogen (secondary N) is 1. The maximum atomic E-state index is 12.2. The zero-order valence-electron chi connectivity index (χ0n) is 11.7. The van der Waals surface area contributed by atoms with E-state index < -0.39 is 0 Å². The first-order valence-electron chi connectivity index (χ1n) is 6.53. The van der Waals surface area contributed by atoms with Crippen LogP contribution in [0.4, 0.5) is 5.69 Å². The van der Waals surface area contributed by atoms with E-state index in [1.54, 1.807) is 12.1 Å². The zero-order valence-corrected chi connectivity index (χ0v) is 13.3. The number of carbonyl (C=O) groups excluding carboxylic acids is 1. The van der Waals surface area contributed by atoms with Crippen molar-refractivity contribution in [3.05, 3.63) is 63.1 Å². The number of nitrogen functional groups attached to an aromatic ring is 1. The minimum Gasteiger partial charge on any atom is -0.398 e. The molecule has 0 fully saturated rings. The third-order valence-corrected chi connectivity index (χ3v) is 3.77. The van der Waals surface area contributed by atoms with Crippen LogP contribution in [0.3, 0.4) is 0 Å². The second kappa shape index (κ2) is 6.74. The summed E-state index contributed by atoms with van der Waals surface area (Å²) >= 11 is 3.34. The fourth-order valence-corrected chi connectivity index (χ4v) is 2.45. The minimum atomic E-state index is -0.160. The monoisotopic (exact) mass is 348 g/mol. The van der Waals surface area contributed by atoms with Gasteiger partial charge in [-0.25, -0.2) is 0 Å². The summed E-state index contributed by atoms with van der Waals surface area (Å²) in [5, 5.41) is 11.9. The van der Waals surface area contributed by atoms with Crippen LogP contribution in [0, 0.1) is 6.92 Å². The SMILES string of the molecule is Cc1c(N)cc(Br)cc1C(=O)NCc1ccc(CO)cc1. The minimum absolute atomic E-state index is 0.0170. The maximum absolute atomic E-state index is 12.2. The van der Waals surface area contributed by atoms with Crippen molar-refractivity contribution in [1.82, 2.24) is 5.32 Å². The number of halogens is 1. The second-order valence-corrected chi connectivity index (χ2v) is 5.74. The molecule has 4 nitrogen and oxygen atoms in total. The first-order chi connectivity index (χ1) is 10.0. The lowest BCUT2D eigenvalue weighted by Gasteiger charge is -2.10. The normalized spacial score (nSPS) is 10.4. The number of anilines is 1. The third-order valence-electron chi connectivity index (χ3n) is 3.32. The highest BCUT2D eigenvalue weighted by atomic mass is 79.9. The summed E-state index contributed by atoms with van der Waals surface area (Å²) in [6.07, 6.45) is 0. The molecule has 0 saturated carbocycles. The molecule has 2 aromatic rings. The van der Waals surface area contributed by atoms with Gasteiger partial charge in [0.15, 0.2) is 0 Å². The summed E-state index contributed by atoms with van der Waals surface area (Å²) in [4.78, 5) is 12.2. The molecule has 4 N–H and O–H groups in total. The van der Waals surface area contributed by atoms with Crippen molar-refractivity contribution in [2.75, 3.05) is 5.73 Å². The molecule has 0 saturated heterocycles. The number of hydrogen-bond donors (Lipinski definition) is 3. The molecular weight excluding hydrogens is 332 g/mol. The quantitative estimate of drug-likeness (QED) is 0.743. The Hall–Kier alpha value is -1.85. The molecule has 21 heavy (non-hydrogen) atoms. The van der Waals surface area contributed by atoms with Crippen LogP contribution in [0.5, 0.6) is 0 Å². The van der Waals surface area contributed by atoms with Gasteiger partial charge in [0.1, 0.15) is 0 Å². The predicted molar refractivity (Wildman–Crippen MR) is 86.8 cm³/mol. The van der Waals surface area contributed by atoms with Crippen molar-refractivity contribution >= 4 is 27.5 Å². The highest BCUT2D eigenvalue weighted by Crippen LogP contribution is 2.22. The molecule has 0 aliphatic carbocycles. The number of carbonyl (C=O) groups is 1. The molecule has 0 aliphatic heterocycles. The van der Waals surface area contributed by atoms with Gasteiger partial charge in [-0.15, -0.1) is 0 Å². The molecule has 0 bridgehead atoms. The summed E-state index contributed by atoms with van der Waals surface area (Å²) in [5.74, 6) is -0.160. The molecule has 0 unspecified atom stereocenters. The number of aliphatic hydroxyl groups is 1. The topological polar surface area (TPSA) is 75.4 Å². The maximum Gasteiger partial charge on any atom is 0.251 e. The van der Waals surface area contributed by atoms with Crippen molar-refractivity contribution in [1.29, 1.82) is 0 Å². The lowest BCUT2D eigenvalue weighted by molar-refractivity contribution is 0.0950. The molecule has 1 amide bonds. The lowest BCUT2D eigenvalue weighted by atomic mass is 10.1. The Bertz CT molecular complexity index is 654. The van der Waals surface area contributed by atoms with Crippen LogP contribution in [0.2, 0.25) is 0 Å². The summed E-state index contributed by atoms with van der Waals surface area (Å²) in [5.41, 5.74) is 9.60. The van der Waals surface area contributed by atoms with Gasteiger partial charge in [0, 0.05) is 22.3 Å². The van der Waals surface area contributed by atoms with Gasteiger partial charge in [0.2, 0.25) is 0 Å². The highest BCUT2D eigenvalue weighted by molar-refractivity contribution is 9.10. The summed E-state index contributed by atoms with van der Waals surface area (Å²) in [6.45, 7) is 2.27. The van der Waals surface area contributed by atoms with E-state index in [2.05, 4.69) is 21.2 Å². The van der Waals surface area contributed by atoms with E-state index in [1.807, 2.05) is 31.2 Å². The van der Waals surface area contributed by atoms with Crippen LogP contribution in [-0.2, 0) is 13.2 Å². The Kier molecular flexibility index (Phi) is 4.98. The van der Waals surface area contributed by atoms with Crippen LogP contribution in [0.15, 0.2) is 40.9 Å². The van der Waals surface area contributed by atoms with Gasteiger partial charge >= 0.3 is 0 Å². The Balaban J connectivity index is 2.08. The average molecular weight is 349 g/mol. The molecule has 0 radical (unpaired) electrons. The average Bonchev–Trinajstić information content (AvgIpc) is 2.49. The standard InChI is InChI=1S/C16H17BrN2O2/c1-10-14(6-13(17)7-15(10)18)16(21)19-8-11-2-4-12(9-20)5-3-11/h2-7,20H,8-9,18H2,1H3,(H,19,21). The number of hydrogen-bond acceptors (Lipinski definition) is 3. The Labute approximate surface area is 132 Å². The van der Waals surface area contributed by atoms with E-state index in [9.17, 15) is 4.79 Å². The van der Waals surface area contributed by atoms with Gasteiger partial charge in [0.05, 0.1) is 6.61 Å². The fraction of sp³-hybridized carbons (Fsp3) is 0.188. The summed E-state index contributed by atoms with van der Waals surface area (Å²) in [7, 11) is 0. The van der Waals surface area contributed by atoms with Crippen LogP contribution in [0.1, 0.15) is 27.0 Å². The highest BCUT2D eigenvalue weighted by Gasteiger charge is 2.12. The third kappa shape index (κ3) is 3.83. The van der Waals surface area contributed by atoms with Gasteiger partial charge < -0.3 is 16.2 Å². The second-order valence-electron chi connectivity index (χ2n) is 4.82. The predicted octanol–water partition coefficient (Wildman–Crippen LogP) is 2.76. The molecule has 2 rings (SSSR count). The van der Waals surface area contributed by atoms with E-state index in [1.165, 1.54) is 0 Å². The number of aliphatic hydroxyl groups excluding tert-OH is 1. The number of benzene rings is 2. The summed E-state index contributed by atoms with van der Waals surface area (Å²) < 4.78 is 0.781. The molecule has 0 spiro atoms. The van der Waals surface area contributed by atoms with Crippen molar-refractivity contribution in [3.8, 4) is 0 Å². The Morgan fingerprint density at radius 2 is 1.86 bits per heavy atom. The first-order valence-corrected chi connectivity index (χ1v) is 7.33. The molecule has 110 valence electrons. The van der Waals surface area contributed by atoms with Crippen LogP contribution in [-0.4, -0.2) is 11.0 Å². The number of nitrogens with two attached hydrogens (primary N) is 1. The summed E-state index contributed by atoms with van der Waals surface area (Å²) in [6, 6.07) is 11.0. The first kappa shape index (κ1) is 15.5. The van der Waals surface area contributed by atoms with Gasteiger partial charge in [-0.05, 0) is 35.7 Å². The van der Waals surface area contributed by atoms with Gasteiger partial charge in [-0.2, -0.15) is 0 Å². The smallest absolute Gasteiger partial charge is 0.251 e. The van der Waals surface area contributed by atoms with Crippen molar-refractivity contribution in [2.24, 2.45) is 0 Å². The van der Waals surface area contributed by atoms with E-state index in [4.69, 9.17) is 10.8 Å². The van der Waals surface area contributed by atoms with Crippen LogP contribution < -0.4 is 11.1 Å². The Morgan fingerprint density at radius 1 is 1.24 bits per heavy atom. The number of amides is 1. The lowest BCUT2D eigenvalue weighted by Crippen LogP contribution is -2.24. The molecule has 0 heterocycles. The zero-order chi connectivity index (χ0) is 15.4. The fourth-order valence-electron chi connectivity index (χ4n) is 1.98. The van der Waals surface area contributed by atoms with Crippen LogP contribution in [0.25, 0.3) is 0 Å². The van der Waals surface area contributed by atoms with Crippen molar-refractivity contribution in [3.63, 3.8) is 0 Å². The van der Waals surface area contributed by atoms with Crippen molar-refractivity contribution in [2.45, 2.75) is 20.1 Å². The number of rotatable bonds is 4. The molecule has 2 aromatic carbocycles. The van der Waals surface area contributed by atoms with Crippen LogP contribution >= 0.6 is 15.9 Å². The van der Waals surface area contributed by atoms with E-state index in [0.717, 1.165) is 21.2 Å². The van der Waals surface area contributed by atoms with E-state index >= 15 is 0 Å². The molecule has 5 heteroatoms. The Morgan fingerprint density at radius 3 is 2.48 bits per heavy atom. The van der Waals surface area contributed by atoms with E-state index in [0.29, 0.717) is 17.8 Å². The van der Waals surface area contributed by atoms with Crippen molar-refractivity contribution < 1.29 is 9.90 Å². The van der Waals surface area contributed by atoms with Gasteiger partial charge in [-0.1, -0.05) is 40.2 Å². The molecule has 0 atom stereocenters. The molecule has 0 aromatic heterocycles.